The molecule has 0 bridgehead atoms. The molecule has 2 aromatic heterocycles. The molecule has 0 aliphatic heterocycles. The fourth-order valence-electron chi connectivity index (χ4n) is 2.01. The molecule has 3 aromatic rings. The van der Waals surface area contributed by atoms with Gasteiger partial charge in [0.15, 0.2) is 13.5 Å². The SMILES string of the molecule is Bc1cnc2cnc(C(C)c3ccccc3)nc2n1. The van der Waals surface area contributed by atoms with Gasteiger partial charge in [0.2, 0.25) is 0 Å². The Morgan fingerprint density at radius 1 is 1.00 bits per heavy atom. The first kappa shape index (κ1) is 11.8. The number of hydrogen-bond donors (Lipinski definition) is 0. The Morgan fingerprint density at radius 2 is 1.79 bits per heavy atom. The molecular formula is C14H13BN4. The van der Waals surface area contributed by atoms with E-state index in [-0.39, 0.29) is 5.92 Å². The van der Waals surface area contributed by atoms with Gasteiger partial charge in [0.25, 0.3) is 0 Å². The molecule has 0 fully saturated rings. The summed E-state index contributed by atoms with van der Waals surface area (Å²) in [5.41, 5.74) is 3.45. The molecule has 1 unspecified atom stereocenters. The molecule has 0 amide bonds. The van der Waals surface area contributed by atoms with Crippen LogP contribution in [0, 0.1) is 0 Å². The number of benzene rings is 1. The number of fused-ring (bicyclic) bond motifs is 1. The fourth-order valence-corrected chi connectivity index (χ4v) is 2.01. The van der Waals surface area contributed by atoms with Gasteiger partial charge in [-0.2, -0.15) is 0 Å². The van der Waals surface area contributed by atoms with Gasteiger partial charge in [0, 0.05) is 17.7 Å². The average Bonchev–Trinajstić information content (AvgIpc) is 2.46. The summed E-state index contributed by atoms with van der Waals surface area (Å²) in [5, 5.41) is 0. The minimum Gasteiger partial charge on any atom is -0.250 e. The van der Waals surface area contributed by atoms with E-state index in [0.29, 0.717) is 5.65 Å². The topological polar surface area (TPSA) is 51.6 Å². The summed E-state index contributed by atoms with van der Waals surface area (Å²) in [6.07, 6.45) is 3.47. The Morgan fingerprint density at radius 3 is 2.58 bits per heavy atom. The Labute approximate surface area is 112 Å². The molecule has 0 N–H and O–H groups in total. The predicted octanol–water partition coefficient (Wildman–Crippen LogP) is 0.830. The lowest BCUT2D eigenvalue weighted by atomic mass is 10.0. The van der Waals surface area contributed by atoms with Crippen molar-refractivity contribution >= 4 is 24.6 Å². The van der Waals surface area contributed by atoms with Crippen LogP contribution in [0.1, 0.15) is 24.2 Å². The van der Waals surface area contributed by atoms with Crippen molar-refractivity contribution in [3.8, 4) is 0 Å². The number of hydrogen-bond acceptors (Lipinski definition) is 4. The first-order chi connectivity index (χ1) is 9.24. The molecule has 2 heterocycles. The highest BCUT2D eigenvalue weighted by Crippen LogP contribution is 2.21. The van der Waals surface area contributed by atoms with E-state index in [1.54, 1.807) is 12.4 Å². The van der Waals surface area contributed by atoms with E-state index in [1.807, 2.05) is 26.0 Å². The third-order valence-electron chi connectivity index (χ3n) is 3.13. The van der Waals surface area contributed by atoms with Crippen LogP contribution in [0.3, 0.4) is 0 Å². The van der Waals surface area contributed by atoms with Crippen molar-refractivity contribution in [2.24, 2.45) is 0 Å². The zero-order valence-electron chi connectivity index (χ0n) is 10.9. The second kappa shape index (κ2) is 4.76. The van der Waals surface area contributed by atoms with Crippen LogP contribution >= 0.6 is 0 Å². The lowest BCUT2D eigenvalue weighted by molar-refractivity contribution is 0.822. The summed E-state index contributed by atoms with van der Waals surface area (Å²) >= 11 is 0. The van der Waals surface area contributed by atoms with Gasteiger partial charge in [-0.3, -0.25) is 4.98 Å². The zero-order valence-corrected chi connectivity index (χ0v) is 10.9. The monoisotopic (exact) mass is 248 g/mol. The van der Waals surface area contributed by atoms with E-state index in [0.717, 1.165) is 16.9 Å². The van der Waals surface area contributed by atoms with Crippen LogP contribution in [0.5, 0.6) is 0 Å². The quantitative estimate of drug-likeness (QED) is 0.630. The van der Waals surface area contributed by atoms with E-state index in [2.05, 4.69) is 39.0 Å². The smallest absolute Gasteiger partial charge is 0.181 e. The summed E-state index contributed by atoms with van der Waals surface area (Å²) < 4.78 is 0. The maximum Gasteiger partial charge on any atom is 0.181 e. The average molecular weight is 248 g/mol. The molecule has 19 heavy (non-hydrogen) atoms. The summed E-state index contributed by atoms with van der Waals surface area (Å²) in [6.45, 7) is 2.10. The van der Waals surface area contributed by atoms with Gasteiger partial charge in [-0.05, 0) is 5.56 Å². The molecule has 0 aliphatic carbocycles. The third-order valence-corrected chi connectivity index (χ3v) is 3.13. The number of nitrogens with zero attached hydrogens (tertiary/aromatic N) is 4. The van der Waals surface area contributed by atoms with Crippen LogP contribution in [0.2, 0.25) is 0 Å². The fraction of sp³-hybridized carbons (Fsp3) is 0.143. The summed E-state index contributed by atoms with van der Waals surface area (Å²) in [4.78, 5) is 17.6. The Balaban J connectivity index is 2.05. The molecule has 92 valence electrons. The van der Waals surface area contributed by atoms with Crippen LogP contribution in [0.25, 0.3) is 11.2 Å². The first-order valence-corrected chi connectivity index (χ1v) is 6.25. The van der Waals surface area contributed by atoms with Crippen molar-refractivity contribution in [2.45, 2.75) is 12.8 Å². The molecule has 0 saturated heterocycles. The summed E-state index contributed by atoms with van der Waals surface area (Å²) in [5.74, 6) is 0.923. The van der Waals surface area contributed by atoms with E-state index in [1.165, 1.54) is 5.56 Å². The molecule has 0 radical (unpaired) electrons. The van der Waals surface area contributed by atoms with E-state index < -0.39 is 0 Å². The second-order valence-corrected chi connectivity index (χ2v) is 4.58. The standard InChI is InChI=1S/C14H13BN4/c1-9(10-5-3-2-4-6-10)13-17-7-11-14(19-13)18-12(15)8-16-11/h2-9H,15H2,1H3. The molecule has 5 heteroatoms. The van der Waals surface area contributed by atoms with E-state index in [4.69, 9.17) is 0 Å². The summed E-state index contributed by atoms with van der Waals surface area (Å²) in [7, 11) is 1.91. The van der Waals surface area contributed by atoms with Gasteiger partial charge >= 0.3 is 0 Å². The molecule has 0 spiro atoms. The van der Waals surface area contributed by atoms with Gasteiger partial charge in [-0.25, -0.2) is 15.0 Å². The number of aromatic nitrogens is 4. The highest BCUT2D eigenvalue weighted by molar-refractivity contribution is 6.30. The van der Waals surface area contributed by atoms with Crippen molar-refractivity contribution in [3.63, 3.8) is 0 Å². The molecule has 1 aromatic carbocycles. The van der Waals surface area contributed by atoms with Crippen molar-refractivity contribution in [1.29, 1.82) is 0 Å². The molecular weight excluding hydrogens is 235 g/mol. The third kappa shape index (κ3) is 2.31. The Hall–Kier alpha value is -2.30. The van der Waals surface area contributed by atoms with E-state index in [9.17, 15) is 0 Å². The summed E-state index contributed by atoms with van der Waals surface area (Å²) in [6, 6.07) is 10.2. The van der Waals surface area contributed by atoms with Crippen molar-refractivity contribution in [3.05, 3.63) is 54.1 Å². The van der Waals surface area contributed by atoms with Crippen LogP contribution in [-0.2, 0) is 0 Å². The molecule has 3 rings (SSSR count). The van der Waals surface area contributed by atoms with Crippen LogP contribution in [-0.4, -0.2) is 27.8 Å². The van der Waals surface area contributed by atoms with Crippen molar-refractivity contribution in [1.82, 2.24) is 19.9 Å². The Kier molecular flexibility index (Phi) is 2.95. The zero-order chi connectivity index (χ0) is 13.2. The van der Waals surface area contributed by atoms with Gasteiger partial charge < -0.3 is 0 Å². The van der Waals surface area contributed by atoms with Crippen molar-refractivity contribution < 1.29 is 0 Å². The van der Waals surface area contributed by atoms with E-state index >= 15 is 0 Å². The van der Waals surface area contributed by atoms with Crippen LogP contribution in [0.15, 0.2) is 42.7 Å². The lowest BCUT2D eigenvalue weighted by Gasteiger charge is -2.10. The molecule has 1 atom stereocenters. The first-order valence-electron chi connectivity index (χ1n) is 6.25. The lowest BCUT2D eigenvalue weighted by Crippen LogP contribution is -2.11. The maximum absolute atomic E-state index is 4.53. The molecule has 4 nitrogen and oxygen atoms in total. The van der Waals surface area contributed by atoms with Crippen LogP contribution < -0.4 is 5.59 Å². The minimum absolute atomic E-state index is 0.146. The van der Waals surface area contributed by atoms with Crippen LogP contribution in [0.4, 0.5) is 0 Å². The molecule has 0 aliphatic rings. The molecule has 0 saturated carbocycles. The predicted molar refractivity (Wildman–Crippen MR) is 77.3 cm³/mol. The van der Waals surface area contributed by atoms with Gasteiger partial charge in [0.05, 0.1) is 6.20 Å². The minimum atomic E-state index is 0.146. The highest BCUT2D eigenvalue weighted by Gasteiger charge is 2.12. The van der Waals surface area contributed by atoms with Gasteiger partial charge in [-0.1, -0.05) is 37.3 Å². The van der Waals surface area contributed by atoms with Crippen molar-refractivity contribution in [2.75, 3.05) is 0 Å². The highest BCUT2D eigenvalue weighted by atomic mass is 15.0. The van der Waals surface area contributed by atoms with Gasteiger partial charge in [0.1, 0.15) is 11.3 Å². The Bertz CT molecular complexity index is 715. The second-order valence-electron chi connectivity index (χ2n) is 4.58. The largest absolute Gasteiger partial charge is 0.250 e. The maximum atomic E-state index is 4.53. The normalized spacial score (nSPS) is 12.5. The van der Waals surface area contributed by atoms with Gasteiger partial charge in [-0.15, -0.1) is 0 Å². The number of rotatable bonds is 2.